The zero-order valence-electron chi connectivity index (χ0n) is 11.1. The second-order valence-corrected chi connectivity index (χ2v) is 5.35. The highest BCUT2D eigenvalue weighted by Gasteiger charge is 2.21. The summed E-state index contributed by atoms with van der Waals surface area (Å²) in [5, 5.41) is 0. The molecular weight excluding hydrogens is 248 g/mol. The van der Waals surface area contributed by atoms with E-state index in [0.29, 0.717) is 12.0 Å². The van der Waals surface area contributed by atoms with Crippen molar-refractivity contribution in [2.45, 2.75) is 44.6 Å². The molecule has 2 rings (SSSR count). The van der Waals surface area contributed by atoms with E-state index in [2.05, 4.69) is 6.92 Å². The van der Waals surface area contributed by atoms with E-state index in [1.807, 2.05) is 18.2 Å². The molecule has 18 heavy (non-hydrogen) atoms. The summed E-state index contributed by atoms with van der Waals surface area (Å²) in [4.78, 5) is 0. The molecule has 0 heterocycles. The Bertz CT molecular complexity index is 362. The van der Waals surface area contributed by atoms with Gasteiger partial charge in [0.2, 0.25) is 0 Å². The highest BCUT2D eigenvalue weighted by atomic mass is 35.5. The number of halogens is 1. The van der Waals surface area contributed by atoms with Gasteiger partial charge in [-0.3, -0.25) is 0 Å². The van der Waals surface area contributed by atoms with Crippen molar-refractivity contribution < 1.29 is 9.47 Å². The van der Waals surface area contributed by atoms with Gasteiger partial charge in [0.25, 0.3) is 0 Å². The topological polar surface area (TPSA) is 18.5 Å². The maximum absolute atomic E-state index is 6.14. The highest BCUT2D eigenvalue weighted by Crippen LogP contribution is 2.35. The second-order valence-electron chi connectivity index (χ2n) is 5.08. The Morgan fingerprint density at radius 1 is 1.22 bits per heavy atom. The summed E-state index contributed by atoms with van der Waals surface area (Å²) in [5.74, 6) is 2.90. The Hall–Kier alpha value is -0.890. The van der Waals surface area contributed by atoms with Gasteiger partial charge in [0, 0.05) is 5.56 Å². The predicted molar refractivity (Wildman–Crippen MR) is 74.6 cm³/mol. The number of hydrogen-bond donors (Lipinski definition) is 0. The Labute approximate surface area is 114 Å². The summed E-state index contributed by atoms with van der Waals surface area (Å²) in [5.41, 5.74) is 1.01. The van der Waals surface area contributed by atoms with Crippen molar-refractivity contribution in [2.75, 3.05) is 7.11 Å². The molecule has 0 atom stereocenters. The molecular formula is C15H21ClO2. The van der Waals surface area contributed by atoms with Gasteiger partial charge in [-0.05, 0) is 37.7 Å². The van der Waals surface area contributed by atoms with Crippen LogP contribution < -0.4 is 9.47 Å². The third-order valence-corrected chi connectivity index (χ3v) is 3.96. The third kappa shape index (κ3) is 3.11. The van der Waals surface area contributed by atoms with E-state index in [1.165, 1.54) is 12.8 Å². The molecule has 1 aliphatic carbocycles. The van der Waals surface area contributed by atoms with Crippen molar-refractivity contribution in [3.05, 3.63) is 23.8 Å². The molecule has 1 saturated carbocycles. The van der Waals surface area contributed by atoms with Crippen LogP contribution in [0.4, 0.5) is 0 Å². The number of benzene rings is 1. The van der Waals surface area contributed by atoms with Gasteiger partial charge in [-0.2, -0.15) is 0 Å². The minimum atomic E-state index is 0.305. The molecule has 0 saturated heterocycles. The van der Waals surface area contributed by atoms with Crippen molar-refractivity contribution in [1.82, 2.24) is 0 Å². The highest BCUT2D eigenvalue weighted by molar-refractivity contribution is 6.17. The van der Waals surface area contributed by atoms with E-state index in [4.69, 9.17) is 21.1 Å². The predicted octanol–water partition coefficient (Wildman–Crippen LogP) is 4.39. The molecule has 0 unspecified atom stereocenters. The van der Waals surface area contributed by atoms with Gasteiger partial charge in [-0.1, -0.05) is 19.1 Å². The fourth-order valence-corrected chi connectivity index (χ4v) is 2.69. The number of methoxy groups -OCH3 is 1. The molecule has 1 aliphatic rings. The quantitative estimate of drug-likeness (QED) is 0.754. The van der Waals surface area contributed by atoms with Gasteiger partial charge in [-0.15, -0.1) is 11.6 Å². The molecule has 2 nitrogen and oxygen atoms in total. The molecule has 0 amide bonds. The number of ether oxygens (including phenoxy) is 2. The summed E-state index contributed by atoms with van der Waals surface area (Å²) >= 11 is 5.97. The van der Waals surface area contributed by atoms with Crippen LogP contribution in [0.15, 0.2) is 18.2 Å². The Balaban J connectivity index is 2.12. The van der Waals surface area contributed by atoms with E-state index < -0.39 is 0 Å². The lowest BCUT2D eigenvalue weighted by Crippen LogP contribution is -2.23. The SMILES string of the molecule is COc1cccc(CCl)c1OC1CCC(C)CC1. The standard InChI is InChI=1S/C15H21ClO2/c1-11-6-8-13(9-7-11)18-15-12(10-16)4-3-5-14(15)17-2/h3-5,11,13H,6-10H2,1-2H3. The van der Waals surface area contributed by atoms with Crippen molar-refractivity contribution >= 4 is 11.6 Å². The monoisotopic (exact) mass is 268 g/mol. The average molecular weight is 269 g/mol. The van der Waals surface area contributed by atoms with Gasteiger partial charge in [0.15, 0.2) is 11.5 Å². The van der Waals surface area contributed by atoms with Crippen LogP contribution in [0.25, 0.3) is 0 Å². The average Bonchev–Trinajstić information content (AvgIpc) is 2.41. The molecule has 0 spiro atoms. The van der Waals surface area contributed by atoms with Crippen molar-refractivity contribution in [1.29, 1.82) is 0 Å². The van der Waals surface area contributed by atoms with Gasteiger partial charge in [0.05, 0.1) is 19.1 Å². The number of alkyl halides is 1. The molecule has 0 N–H and O–H groups in total. The Kier molecular flexibility index (Phi) is 4.76. The second kappa shape index (κ2) is 6.33. The van der Waals surface area contributed by atoms with Gasteiger partial charge in [0.1, 0.15) is 0 Å². The fourth-order valence-electron chi connectivity index (χ4n) is 2.48. The maximum atomic E-state index is 6.14. The van der Waals surface area contributed by atoms with E-state index in [9.17, 15) is 0 Å². The van der Waals surface area contributed by atoms with E-state index in [0.717, 1.165) is 35.8 Å². The zero-order valence-corrected chi connectivity index (χ0v) is 11.9. The summed E-state index contributed by atoms with van der Waals surface area (Å²) in [7, 11) is 1.67. The first-order valence-electron chi connectivity index (χ1n) is 6.63. The normalized spacial score (nSPS) is 23.7. The lowest BCUT2D eigenvalue weighted by molar-refractivity contribution is 0.130. The van der Waals surface area contributed by atoms with Crippen LogP contribution in [0.3, 0.4) is 0 Å². The van der Waals surface area contributed by atoms with E-state index in [-0.39, 0.29) is 0 Å². The number of para-hydroxylation sites is 1. The van der Waals surface area contributed by atoms with Crippen LogP contribution in [0.5, 0.6) is 11.5 Å². The molecule has 0 aromatic heterocycles. The Morgan fingerprint density at radius 2 is 1.94 bits per heavy atom. The fraction of sp³-hybridized carbons (Fsp3) is 0.600. The lowest BCUT2D eigenvalue weighted by atomic mass is 9.89. The van der Waals surface area contributed by atoms with Gasteiger partial charge < -0.3 is 9.47 Å². The first-order valence-corrected chi connectivity index (χ1v) is 7.16. The van der Waals surface area contributed by atoms with Crippen LogP contribution in [-0.4, -0.2) is 13.2 Å². The van der Waals surface area contributed by atoms with Crippen LogP contribution in [0.2, 0.25) is 0 Å². The van der Waals surface area contributed by atoms with Crippen LogP contribution in [0, 0.1) is 5.92 Å². The summed E-state index contributed by atoms with van der Waals surface area (Å²) < 4.78 is 11.5. The zero-order chi connectivity index (χ0) is 13.0. The molecule has 1 fully saturated rings. The van der Waals surface area contributed by atoms with Crippen molar-refractivity contribution in [2.24, 2.45) is 5.92 Å². The largest absolute Gasteiger partial charge is 0.493 e. The van der Waals surface area contributed by atoms with Crippen LogP contribution in [0.1, 0.15) is 38.2 Å². The molecule has 1 aromatic rings. The summed E-state index contributed by atoms with van der Waals surface area (Å²) in [6.45, 7) is 2.31. The Morgan fingerprint density at radius 3 is 2.56 bits per heavy atom. The molecule has 1 aromatic carbocycles. The molecule has 3 heteroatoms. The van der Waals surface area contributed by atoms with Crippen LogP contribution >= 0.6 is 11.6 Å². The number of hydrogen-bond acceptors (Lipinski definition) is 2. The summed E-state index contributed by atoms with van der Waals surface area (Å²) in [6.07, 6.45) is 5.05. The minimum absolute atomic E-state index is 0.305. The van der Waals surface area contributed by atoms with Crippen molar-refractivity contribution in [3.63, 3.8) is 0 Å². The molecule has 0 aliphatic heterocycles. The number of rotatable bonds is 4. The van der Waals surface area contributed by atoms with Gasteiger partial charge in [-0.25, -0.2) is 0 Å². The van der Waals surface area contributed by atoms with E-state index >= 15 is 0 Å². The first-order chi connectivity index (χ1) is 8.74. The third-order valence-electron chi connectivity index (χ3n) is 3.67. The van der Waals surface area contributed by atoms with Gasteiger partial charge >= 0.3 is 0 Å². The smallest absolute Gasteiger partial charge is 0.165 e. The minimum Gasteiger partial charge on any atom is -0.493 e. The molecule has 0 radical (unpaired) electrons. The molecule has 0 bridgehead atoms. The van der Waals surface area contributed by atoms with Crippen molar-refractivity contribution in [3.8, 4) is 11.5 Å². The lowest BCUT2D eigenvalue weighted by Gasteiger charge is -2.28. The first kappa shape index (κ1) is 13.5. The van der Waals surface area contributed by atoms with E-state index in [1.54, 1.807) is 7.11 Å². The maximum Gasteiger partial charge on any atom is 0.165 e. The van der Waals surface area contributed by atoms with Crippen LogP contribution in [-0.2, 0) is 5.88 Å². The summed E-state index contributed by atoms with van der Waals surface area (Å²) in [6, 6.07) is 5.87. The molecule has 100 valence electrons.